The van der Waals surface area contributed by atoms with Gasteiger partial charge in [0.05, 0.1) is 6.20 Å². The van der Waals surface area contributed by atoms with Gasteiger partial charge < -0.3 is 10.0 Å². The number of carbonyl (C=O) groups is 1. The molecule has 0 saturated carbocycles. The highest BCUT2D eigenvalue weighted by Gasteiger charge is 2.16. The Morgan fingerprint density at radius 1 is 1.56 bits per heavy atom. The first-order valence-corrected chi connectivity index (χ1v) is 6.68. The van der Waals surface area contributed by atoms with Gasteiger partial charge in [-0.3, -0.25) is 9.48 Å². The normalized spacial score (nSPS) is 11.9. The first-order chi connectivity index (χ1) is 8.31. The maximum absolute atomic E-state index is 11.8. The van der Waals surface area contributed by atoms with E-state index in [0.717, 1.165) is 10.9 Å². The van der Waals surface area contributed by atoms with Crippen molar-refractivity contribution in [2.24, 2.45) is 0 Å². The molecule has 1 aromatic rings. The van der Waals surface area contributed by atoms with Gasteiger partial charge in [0, 0.05) is 19.3 Å². The third-order valence-electron chi connectivity index (χ3n) is 2.07. The van der Waals surface area contributed by atoms with Crippen LogP contribution in [0.25, 0.3) is 0 Å². The van der Waals surface area contributed by atoms with Gasteiger partial charge in [0.25, 0.3) is 0 Å². The number of rotatable bonds is 7. The first-order valence-electron chi connectivity index (χ1n) is 5.20. The topological polar surface area (TPSA) is 105 Å². The Kier molecular flexibility index (Phi) is 4.82. The van der Waals surface area contributed by atoms with Gasteiger partial charge in [-0.15, -0.1) is 0 Å². The standard InChI is InChI=1S/C9H16N4O4S/c1-12(2)4-3-11-18(16,17)8-5-10-13(6-8)7-9(14)15/h5-6,11H,3-4,7H2,1-2H3,(H,14,15). The minimum absolute atomic E-state index is 0.0393. The average Bonchev–Trinajstić information content (AvgIpc) is 2.64. The summed E-state index contributed by atoms with van der Waals surface area (Å²) in [4.78, 5) is 12.2. The SMILES string of the molecule is CN(C)CCNS(=O)(=O)c1cnn(CC(=O)O)c1. The van der Waals surface area contributed by atoms with Crippen LogP contribution < -0.4 is 4.72 Å². The van der Waals surface area contributed by atoms with E-state index in [1.54, 1.807) is 0 Å². The molecule has 1 rings (SSSR count). The van der Waals surface area contributed by atoms with Crippen LogP contribution in [0.5, 0.6) is 0 Å². The molecule has 1 heterocycles. The Morgan fingerprint density at radius 3 is 2.78 bits per heavy atom. The summed E-state index contributed by atoms with van der Waals surface area (Å²) in [5.74, 6) is -1.08. The molecular formula is C9H16N4O4S. The lowest BCUT2D eigenvalue weighted by Crippen LogP contribution is -2.31. The number of carboxylic acids is 1. The van der Waals surface area contributed by atoms with E-state index in [-0.39, 0.29) is 18.0 Å². The Morgan fingerprint density at radius 2 is 2.22 bits per heavy atom. The Bertz CT molecular complexity index is 508. The smallest absolute Gasteiger partial charge is 0.325 e. The van der Waals surface area contributed by atoms with E-state index in [4.69, 9.17) is 5.11 Å². The van der Waals surface area contributed by atoms with Gasteiger partial charge in [0.1, 0.15) is 11.4 Å². The summed E-state index contributed by atoms with van der Waals surface area (Å²) in [5.41, 5.74) is 0. The van der Waals surface area contributed by atoms with Crippen LogP contribution in [0.3, 0.4) is 0 Å². The Hall–Kier alpha value is -1.45. The fourth-order valence-corrected chi connectivity index (χ4v) is 2.17. The third kappa shape index (κ3) is 4.43. The van der Waals surface area contributed by atoms with Crippen molar-refractivity contribution >= 4 is 16.0 Å². The fraction of sp³-hybridized carbons (Fsp3) is 0.556. The summed E-state index contributed by atoms with van der Waals surface area (Å²) < 4.78 is 27.0. The number of carboxylic acid groups (broad SMARTS) is 1. The van der Waals surface area contributed by atoms with Crippen molar-refractivity contribution in [3.05, 3.63) is 12.4 Å². The predicted molar refractivity (Wildman–Crippen MR) is 63.6 cm³/mol. The molecule has 0 aromatic carbocycles. The molecule has 0 bridgehead atoms. The lowest BCUT2D eigenvalue weighted by molar-refractivity contribution is -0.137. The molecule has 0 unspecified atom stereocenters. The van der Waals surface area contributed by atoms with E-state index >= 15 is 0 Å². The number of sulfonamides is 1. The number of aliphatic carboxylic acids is 1. The summed E-state index contributed by atoms with van der Waals surface area (Å²) in [6.07, 6.45) is 2.31. The minimum atomic E-state index is -3.62. The Labute approximate surface area is 105 Å². The van der Waals surface area contributed by atoms with Gasteiger partial charge in [0.2, 0.25) is 10.0 Å². The largest absolute Gasteiger partial charge is 0.480 e. The van der Waals surface area contributed by atoms with Crippen molar-refractivity contribution in [3.8, 4) is 0 Å². The van der Waals surface area contributed by atoms with Gasteiger partial charge >= 0.3 is 5.97 Å². The molecule has 0 atom stereocenters. The molecule has 18 heavy (non-hydrogen) atoms. The number of hydrogen-bond acceptors (Lipinski definition) is 5. The van der Waals surface area contributed by atoms with Crippen LogP contribution in [0.4, 0.5) is 0 Å². The summed E-state index contributed by atoms with van der Waals surface area (Å²) in [5, 5.41) is 12.2. The van der Waals surface area contributed by atoms with Crippen LogP contribution in [0, 0.1) is 0 Å². The van der Waals surface area contributed by atoms with E-state index in [1.807, 2.05) is 19.0 Å². The average molecular weight is 276 g/mol. The van der Waals surface area contributed by atoms with Crippen LogP contribution in [0.1, 0.15) is 0 Å². The van der Waals surface area contributed by atoms with Crippen molar-refractivity contribution < 1.29 is 18.3 Å². The number of nitrogens with zero attached hydrogens (tertiary/aromatic N) is 3. The van der Waals surface area contributed by atoms with Gasteiger partial charge in [-0.1, -0.05) is 0 Å². The van der Waals surface area contributed by atoms with Gasteiger partial charge in [-0.25, -0.2) is 13.1 Å². The summed E-state index contributed by atoms with van der Waals surface area (Å²) in [6.45, 7) is 0.481. The molecule has 0 aliphatic heterocycles. The molecule has 0 radical (unpaired) electrons. The van der Waals surface area contributed by atoms with Gasteiger partial charge in [0.15, 0.2) is 0 Å². The van der Waals surface area contributed by atoms with Crippen molar-refractivity contribution in [2.75, 3.05) is 27.2 Å². The van der Waals surface area contributed by atoms with E-state index in [2.05, 4.69) is 9.82 Å². The second-order valence-electron chi connectivity index (χ2n) is 3.97. The molecule has 1 aromatic heterocycles. The molecule has 102 valence electrons. The maximum Gasteiger partial charge on any atom is 0.325 e. The zero-order valence-electron chi connectivity index (χ0n) is 10.2. The second-order valence-corrected chi connectivity index (χ2v) is 5.74. The van der Waals surface area contributed by atoms with Crippen molar-refractivity contribution in [3.63, 3.8) is 0 Å². The van der Waals surface area contributed by atoms with E-state index < -0.39 is 16.0 Å². The molecule has 8 nitrogen and oxygen atoms in total. The van der Waals surface area contributed by atoms with E-state index in [9.17, 15) is 13.2 Å². The van der Waals surface area contributed by atoms with Crippen molar-refractivity contribution in [2.45, 2.75) is 11.4 Å². The van der Waals surface area contributed by atoms with Crippen LogP contribution in [0.2, 0.25) is 0 Å². The third-order valence-corrected chi connectivity index (χ3v) is 3.48. The second kappa shape index (κ2) is 5.94. The van der Waals surface area contributed by atoms with E-state index in [1.165, 1.54) is 6.20 Å². The number of hydrogen-bond donors (Lipinski definition) is 2. The lowest BCUT2D eigenvalue weighted by atomic mass is 10.6. The van der Waals surface area contributed by atoms with Crippen LogP contribution in [-0.2, 0) is 21.4 Å². The minimum Gasteiger partial charge on any atom is -0.480 e. The molecule has 0 aliphatic carbocycles. The summed E-state index contributed by atoms with van der Waals surface area (Å²) in [7, 11) is 0.0412. The molecule has 0 spiro atoms. The highest BCUT2D eigenvalue weighted by atomic mass is 32.2. The van der Waals surface area contributed by atoms with Crippen LogP contribution in [-0.4, -0.2) is 61.4 Å². The summed E-state index contributed by atoms with van der Waals surface area (Å²) >= 11 is 0. The quantitative estimate of drug-likeness (QED) is 0.648. The molecule has 0 amide bonds. The van der Waals surface area contributed by atoms with Crippen LogP contribution in [0.15, 0.2) is 17.3 Å². The monoisotopic (exact) mass is 276 g/mol. The van der Waals surface area contributed by atoms with Gasteiger partial charge in [-0.2, -0.15) is 5.10 Å². The molecule has 0 saturated heterocycles. The van der Waals surface area contributed by atoms with Gasteiger partial charge in [-0.05, 0) is 14.1 Å². The number of nitrogens with one attached hydrogen (secondary N) is 1. The molecule has 0 fully saturated rings. The fourth-order valence-electron chi connectivity index (χ4n) is 1.20. The zero-order chi connectivity index (χ0) is 13.8. The highest BCUT2D eigenvalue weighted by Crippen LogP contribution is 2.06. The lowest BCUT2D eigenvalue weighted by Gasteiger charge is -2.09. The molecular weight excluding hydrogens is 260 g/mol. The molecule has 0 aliphatic rings. The molecule has 2 N–H and O–H groups in total. The molecule has 9 heteroatoms. The van der Waals surface area contributed by atoms with Crippen molar-refractivity contribution in [1.29, 1.82) is 0 Å². The Balaban J connectivity index is 2.67. The number of likely N-dealkylation sites (N-methyl/N-ethyl adjacent to an activating group) is 1. The number of aromatic nitrogens is 2. The van der Waals surface area contributed by atoms with Crippen molar-refractivity contribution in [1.82, 2.24) is 19.4 Å². The maximum atomic E-state index is 11.8. The zero-order valence-corrected chi connectivity index (χ0v) is 11.0. The summed E-state index contributed by atoms with van der Waals surface area (Å²) in [6, 6.07) is 0. The predicted octanol–water partition coefficient (Wildman–Crippen LogP) is -1.19. The van der Waals surface area contributed by atoms with E-state index in [0.29, 0.717) is 6.54 Å². The highest BCUT2D eigenvalue weighted by molar-refractivity contribution is 7.89. The van der Waals surface area contributed by atoms with Crippen LogP contribution >= 0.6 is 0 Å². The first kappa shape index (κ1) is 14.6.